The second-order valence-corrected chi connectivity index (χ2v) is 4.12. The third kappa shape index (κ3) is 2.05. The first-order valence-electron chi connectivity index (χ1n) is 5.79. The van der Waals surface area contributed by atoms with Crippen LogP contribution in [0.3, 0.4) is 0 Å². The molecule has 0 unspecified atom stereocenters. The molecule has 1 aromatic carbocycles. The number of fused-ring (bicyclic) bond motifs is 2. The number of hydrogen-bond acceptors (Lipinski definition) is 6. The van der Waals surface area contributed by atoms with Gasteiger partial charge in [-0.05, 0) is 0 Å². The van der Waals surface area contributed by atoms with E-state index in [2.05, 4.69) is 15.3 Å². The second kappa shape index (κ2) is 4.35. The van der Waals surface area contributed by atoms with Gasteiger partial charge in [-0.15, -0.1) is 0 Å². The number of hydrogen-bond donors (Lipinski definition) is 4. The Bertz CT molecular complexity index is 523. The Morgan fingerprint density at radius 2 is 1.94 bits per heavy atom. The zero-order valence-corrected chi connectivity index (χ0v) is 9.77. The number of aromatic nitrogens is 2. The topological polar surface area (TPSA) is 111 Å². The summed E-state index contributed by atoms with van der Waals surface area (Å²) in [6.07, 6.45) is 0.223. The van der Waals surface area contributed by atoms with E-state index in [0.717, 1.165) is 29.0 Å². The Morgan fingerprint density at radius 3 is 2.67 bits per heavy atom. The number of benzene rings is 1. The van der Waals surface area contributed by atoms with Crippen LogP contribution >= 0.6 is 0 Å². The van der Waals surface area contributed by atoms with E-state index in [1.807, 2.05) is 12.1 Å². The van der Waals surface area contributed by atoms with Crippen molar-refractivity contribution in [3.8, 4) is 11.5 Å². The van der Waals surface area contributed by atoms with Crippen molar-refractivity contribution in [2.45, 2.75) is 12.7 Å². The van der Waals surface area contributed by atoms with Gasteiger partial charge in [-0.25, -0.2) is 4.98 Å². The van der Waals surface area contributed by atoms with Crippen LogP contribution in [0.2, 0.25) is 0 Å². The molecule has 18 heavy (non-hydrogen) atoms. The number of ether oxygens (including phenoxy) is 2. The largest absolute Gasteiger partial charge is 0.489 e. The lowest BCUT2D eigenvalue weighted by Crippen LogP contribution is -2.38. The molecule has 0 bridgehead atoms. The van der Waals surface area contributed by atoms with Gasteiger partial charge in [0.2, 0.25) is 5.95 Å². The van der Waals surface area contributed by atoms with Crippen molar-refractivity contribution in [2.24, 2.45) is 11.5 Å². The van der Waals surface area contributed by atoms with E-state index in [0.29, 0.717) is 19.2 Å². The van der Waals surface area contributed by atoms with Crippen molar-refractivity contribution in [2.75, 3.05) is 18.5 Å². The lowest BCUT2D eigenvalue weighted by Gasteiger charge is -2.05. The molecule has 7 heteroatoms. The van der Waals surface area contributed by atoms with Gasteiger partial charge in [-0.2, -0.15) is 0 Å². The maximum atomic E-state index is 5.60. The van der Waals surface area contributed by atoms with E-state index in [1.54, 1.807) is 0 Å². The summed E-state index contributed by atoms with van der Waals surface area (Å²) < 4.78 is 11.2. The molecular weight excluding hydrogens is 234 g/mol. The van der Waals surface area contributed by atoms with Crippen molar-refractivity contribution < 1.29 is 9.47 Å². The number of aromatic amines is 1. The predicted octanol–water partition coefficient (Wildman–Crippen LogP) is 0.337. The standard InChI is InChI=1S/C11H15N5O2/c12-10(13)16-11-14-6-4-8-9(5-7(6)15-11)18-3-1-2-17-8/h4-5,10H,1-3,12-13H2,(H2,14,15,16). The molecule has 1 aliphatic rings. The molecule has 96 valence electrons. The fourth-order valence-corrected chi connectivity index (χ4v) is 1.89. The maximum Gasteiger partial charge on any atom is 0.203 e. The van der Waals surface area contributed by atoms with Crippen LogP contribution in [0.15, 0.2) is 12.1 Å². The van der Waals surface area contributed by atoms with Crippen molar-refractivity contribution >= 4 is 17.0 Å². The minimum atomic E-state index is -0.657. The monoisotopic (exact) mass is 249 g/mol. The van der Waals surface area contributed by atoms with Crippen molar-refractivity contribution in [3.05, 3.63) is 12.1 Å². The summed E-state index contributed by atoms with van der Waals surface area (Å²) in [6.45, 7) is 1.31. The highest BCUT2D eigenvalue weighted by Crippen LogP contribution is 2.33. The summed E-state index contributed by atoms with van der Waals surface area (Å²) in [5, 5.41) is 2.80. The van der Waals surface area contributed by atoms with Crippen LogP contribution in [-0.4, -0.2) is 29.5 Å². The predicted molar refractivity (Wildman–Crippen MR) is 67.5 cm³/mol. The fraction of sp³-hybridized carbons (Fsp3) is 0.364. The van der Waals surface area contributed by atoms with Gasteiger partial charge >= 0.3 is 0 Å². The third-order valence-corrected chi connectivity index (χ3v) is 2.65. The number of nitrogens with two attached hydrogens (primary N) is 2. The average Bonchev–Trinajstić information content (AvgIpc) is 2.54. The maximum absolute atomic E-state index is 5.60. The molecule has 0 radical (unpaired) electrons. The van der Waals surface area contributed by atoms with Crippen molar-refractivity contribution in [1.29, 1.82) is 0 Å². The molecule has 0 spiro atoms. The third-order valence-electron chi connectivity index (χ3n) is 2.65. The first-order chi connectivity index (χ1) is 8.72. The number of rotatable bonds is 2. The molecule has 3 rings (SSSR count). The SMILES string of the molecule is NC(N)Nc1nc2cc3c(cc2[nH]1)OCCCO3. The Labute approximate surface area is 103 Å². The van der Waals surface area contributed by atoms with Crippen LogP contribution < -0.4 is 26.3 Å². The van der Waals surface area contributed by atoms with Crippen LogP contribution in [0.1, 0.15) is 6.42 Å². The van der Waals surface area contributed by atoms with E-state index in [4.69, 9.17) is 20.9 Å². The minimum Gasteiger partial charge on any atom is -0.489 e. The lowest BCUT2D eigenvalue weighted by atomic mass is 10.3. The van der Waals surface area contributed by atoms with Gasteiger partial charge in [0, 0.05) is 18.6 Å². The van der Waals surface area contributed by atoms with Gasteiger partial charge in [0.25, 0.3) is 0 Å². The molecule has 1 aliphatic heterocycles. The number of nitrogens with zero attached hydrogens (tertiary/aromatic N) is 1. The van der Waals surface area contributed by atoms with Gasteiger partial charge in [-0.3, -0.25) is 11.5 Å². The van der Waals surface area contributed by atoms with Crippen LogP contribution in [-0.2, 0) is 0 Å². The molecule has 1 aromatic heterocycles. The number of nitrogens with one attached hydrogen (secondary N) is 2. The smallest absolute Gasteiger partial charge is 0.203 e. The van der Waals surface area contributed by atoms with Crippen LogP contribution in [0.4, 0.5) is 5.95 Å². The number of imidazole rings is 1. The van der Waals surface area contributed by atoms with Crippen molar-refractivity contribution in [3.63, 3.8) is 0 Å². The summed E-state index contributed by atoms with van der Waals surface area (Å²) >= 11 is 0. The van der Waals surface area contributed by atoms with E-state index < -0.39 is 6.29 Å². The van der Waals surface area contributed by atoms with Gasteiger partial charge < -0.3 is 19.8 Å². The Morgan fingerprint density at radius 1 is 1.22 bits per heavy atom. The van der Waals surface area contributed by atoms with E-state index >= 15 is 0 Å². The number of anilines is 1. The summed E-state index contributed by atoms with van der Waals surface area (Å²) in [5.74, 6) is 1.97. The molecule has 2 heterocycles. The molecule has 0 aliphatic carbocycles. The second-order valence-electron chi connectivity index (χ2n) is 4.12. The molecule has 0 saturated carbocycles. The lowest BCUT2D eigenvalue weighted by molar-refractivity contribution is 0.297. The molecule has 0 saturated heterocycles. The highest BCUT2D eigenvalue weighted by molar-refractivity contribution is 5.81. The van der Waals surface area contributed by atoms with Gasteiger partial charge in [0.05, 0.1) is 24.2 Å². The Balaban J connectivity index is 2.01. The molecule has 2 aromatic rings. The quantitative estimate of drug-likeness (QED) is 0.571. The summed E-state index contributed by atoms with van der Waals surface area (Å²) in [6, 6.07) is 3.72. The zero-order valence-electron chi connectivity index (χ0n) is 9.77. The van der Waals surface area contributed by atoms with Crippen molar-refractivity contribution in [1.82, 2.24) is 9.97 Å². The molecule has 0 fully saturated rings. The first-order valence-corrected chi connectivity index (χ1v) is 5.79. The zero-order chi connectivity index (χ0) is 12.5. The molecule has 0 atom stereocenters. The van der Waals surface area contributed by atoms with Crippen LogP contribution in [0.5, 0.6) is 11.5 Å². The molecule has 6 N–H and O–H groups in total. The van der Waals surface area contributed by atoms with Gasteiger partial charge in [0.15, 0.2) is 11.5 Å². The highest BCUT2D eigenvalue weighted by Gasteiger charge is 2.14. The first kappa shape index (κ1) is 11.1. The molecule has 7 nitrogen and oxygen atoms in total. The van der Waals surface area contributed by atoms with E-state index in [9.17, 15) is 0 Å². The summed E-state index contributed by atoms with van der Waals surface area (Å²) in [5.41, 5.74) is 12.5. The van der Waals surface area contributed by atoms with E-state index in [-0.39, 0.29) is 0 Å². The molecular formula is C11H15N5O2. The van der Waals surface area contributed by atoms with Crippen LogP contribution in [0, 0.1) is 0 Å². The van der Waals surface area contributed by atoms with Crippen LogP contribution in [0.25, 0.3) is 11.0 Å². The highest BCUT2D eigenvalue weighted by atomic mass is 16.5. The fourth-order valence-electron chi connectivity index (χ4n) is 1.89. The van der Waals surface area contributed by atoms with Gasteiger partial charge in [-0.1, -0.05) is 0 Å². The Kier molecular flexibility index (Phi) is 2.69. The van der Waals surface area contributed by atoms with Gasteiger partial charge in [0.1, 0.15) is 6.29 Å². The number of H-pyrrole nitrogens is 1. The van der Waals surface area contributed by atoms with E-state index in [1.165, 1.54) is 0 Å². The normalized spacial score (nSPS) is 14.8. The molecule has 0 amide bonds. The Hall–Kier alpha value is -1.99. The summed E-state index contributed by atoms with van der Waals surface area (Å²) in [7, 11) is 0. The minimum absolute atomic E-state index is 0.528. The average molecular weight is 249 g/mol. The summed E-state index contributed by atoms with van der Waals surface area (Å²) in [4.78, 5) is 7.41.